The summed E-state index contributed by atoms with van der Waals surface area (Å²) < 4.78 is 14.7. The predicted molar refractivity (Wildman–Crippen MR) is 89.3 cm³/mol. The van der Waals surface area contributed by atoms with Gasteiger partial charge in [0.2, 0.25) is 0 Å². The molecule has 0 bridgehead atoms. The number of hydrogen-bond acceptors (Lipinski definition) is 3. The van der Waals surface area contributed by atoms with Crippen LogP contribution in [0.15, 0.2) is 47.3 Å². The molecule has 0 radical (unpaired) electrons. The van der Waals surface area contributed by atoms with Gasteiger partial charge in [0.25, 0.3) is 5.56 Å². The van der Waals surface area contributed by atoms with Gasteiger partial charge < -0.3 is 5.73 Å². The Hall–Kier alpha value is -2.95. The van der Waals surface area contributed by atoms with Gasteiger partial charge in [-0.3, -0.25) is 9.36 Å². The molecule has 0 unspecified atom stereocenters. The maximum atomic E-state index is 13.0. The van der Waals surface area contributed by atoms with Crippen molar-refractivity contribution in [3.8, 4) is 0 Å². The molecule has 0 saturated heterocycles. The number of nitrogens with zero attached hydrogens (tertiary/aromatic N) is 2. The van der Waals surface area contributed by atoms with Crippen LogP contribution in [-0.4, -0.2) is 9.55 Å². The highest BCUT2D eigenvalue weighted by Crippen LogP contribution is 2.27. The van der Waals surface area contributed by atoms with E-state index in [1.54, 1.807) is 34.9 Å². The lowest BCUT2D eigenvalue weighted by Gasteiger charge is -2.06. The number of halogens is 1. The molecule has 0 spiro atoms. The van der Waals surface area contributed by atoms with E-state index in [-0.39, 0.29) is 11.4 Å². The Morgan fingerprint density at radius 1 is 1.17 bits per heavy atom. The Morgan fingerprint density at radius 3 is 2.74 bits per heavy atom. The molecule has 1 aromatic heterocycles. The van der Waals surface area contributed by atoms with Crippen molar-refractivity contribution >= 4 is 28.2 Å². The molecule has 2 aromatic carbocycles. The maximum Gasteiger partial charge on any atom is 0.261 e. The van der Waals surface area contributed by atoms with Crippen LogP contribution in [0.4, 0.5) is 10.1 Å². The Labute approximate surface area is 131 Å². The molecule has 0 aliphatic carbocycles. The third-order valence-corrected chi connectivity index (χ3v) is 4.08. The van der Waals surface area contributed by atoms with Crippen LogP contribution in [0, 0.1) is 5.82 Å². The molecule has 5 heteroatoms. The van der Waals surface area contributed by atoms with Gasteiger partial charge in [-0.05, 0) is 54.0 Å². The van der Waals surface area contributed by atoms with E-state index in [2.05, 4.69) is 4.98 Å². The molecule has 3 aromatic rings. The van der Waals surface area contributed by atoms with Gasteiger partial charge in [0, 0.05) is 12.2 Å². The van der Waals surface area contributed by atoms with Crippen LogP contribution in [0.5, 0.6) is 0 Å². The van der Waals surface area contributed by atoms with E-state index in [1.807, 2.05) is 6.08 Å². The minimum absolute atomic E-state index is 0.0696. The van der Waals surface area contributed by atoms with E-state index in [0.717, 1.165) is 17.6 Å². The molecule has 2 heterocycles. The van der Waals surface area contributed by atoms with Gasteiger partial charge in [-0.1, -0.05) is 12.1 Å². The van der Waals surface area contributed by atoms with Crippen molar-refractivity contribution < 1.29 is 4.39 Å². The molecule has 0 atom stereocenters. The highest BCUT2D eigenvalue weighted by atomic mass is 19.1. The Morgan fingerprint density at radius 2 is 1.96 bits per heavy atom. The average Bonchev–Trinajstić information content (AvgIpc) is 2.94. The summed E-state index contributed by atoms with van der Waals surface area (Å²) in [7, 11) is 0. The summed E-state index contributed by atoms with van der Waals surface area (Å²) in [4.78, 5) is 17.2. The summed E-state index contributed by atoms with van der Waals surface area (Å²) >= 11 is 0. The zero-order valence-corrected chi connectivity index (χ0v) is 12.3. The molecule has 4 rings (SSSR count). The van der Waals surface area contributed by atoms with Crippen molar-refractivity contribution in [2.24, 2.45) is 0 Å². The normalized spacial score (nSPS) is 15.3. The Balaban J connectivity index is 1.88. The second-order valence-corrected chi connectivity index (χ2v) is 5.64. The number of fused-ring (bicyclic) bond motifs is 2. The largest absolute Gasteiger partial charge is 0.399 e. The molecule has 1 aliphatic rings. The monoisotopic (exact) mass is 307 g/mol. The third kappa shape index (κ3) is 2.30. The van der Waals surface area contributed by atoms with E-state index in [4.69, 9.17) is 5.73 Å². The summed E-state index contributed by atoms with van der Waals surface area (Å²) in [5.41, 5.74) is 8.76. The SMILES string of the molecule is Nc1ccc2nc3n(c(=O)c2c1)CC/C3=C\c1ccc(F)cc1. The molecule has 4 nitrogen and oxygen atoms in total. The smallest absolute Gasteiger partial charge is 0.261 e. The summed E-state index contributed by atoms with van der Waals surface area (Å²) in [6, 6.07) is 11.4. The molecule has 1 aliphatic heterocycles. The molecule has 0 amide bonds. The number of nitrogen functional groups attached to an aromatic ring is 1. The highest BCUT2D eigenvalue weighted by Gasteiger charge is 2.20. The minimum Gasteiger partial charge on any atom is -0.399 e. The number of nitrogens with two attached hydrogens (primary N) is 1. The van der Waals surface area contributed by atoms with Crippen molar-refractivity contribution in [2.75, 3.05) is 5.73 Å². The van der Waals surface area contributed by atoms with Crippen LogP contribution in [0.2, 0.25) is 0 Å². The quantitative estimate of drug-likeness (QED) is 0.703. The van der Waals surface area contributed by atoms with Crippen molar-refractivity contribution in [3.63, 3.8) is 0 Å². The number of rotatable bonds is 1. The van der Waals surface area contributed by atoms with Crippen molar-refractivity contribution in [3.05, 3.63) is 70.0 Å². The Kier molecular flexibility index (Phi) is 3.01. The van der Waals surface area contributed by atoms with Gasteiger partial charge in [0.15, 0.2) is 0 Å². The van der Waals surface area contributed by atoms with E-state index >= 15 is 0 Å². The van der Waals surface area contributed by atoms with E-state index < -0.39 is 0 Å². The fraction of sp³-hybridized carbons (Fsp3) is 0.111. The molecule has 0 saturated carbocycles. The van der Waals surface area contributed by atoms with Crippen molar-refractivity contribution in [2.45, 2.75) is 13.0 Å². The van der Waals surface area contributed by atoms with Crippen LogP contribution in [-0.2, 0) is 6.54 Å². The predicted octanol–water partition coefficient (Wildman–Crippen LogP) is 3.06. The van der Waals surface area contributed by atoms with Crippen LogP contribution in [0.3, 0.4) is 0 Å². The van der Waals surface area contributed by atoms with Crippen LogP contribution in [0.25, 0.3) is 22.6 Å². The third-order valence-electron chi connectivity index (χ3n) is 4.08. The molecular weight excluding hydrogens is 293 g/mol. The van der Waals surface area contributed by atoms with Gasteiger partial charge in [0.1, 0.15) is 11.6 Å². The summed E-state index contributed by atoms with van der Waals surface area (Å²) in [5, 5.41) is 0.539. The second-order valence-electron chi connectivity index (χ2n) is 5.64. The van der Waals surface area contributed by atoms with Gasteiger partial charge in [-0.25, -0.2) is 9.37 Å². The first kappa shape index (κ1) is 13.7. The van der Waals surface area contributed by atoms with Crippen LogP contribution in [0.1, 0.15) is 17.8 Å². The highest BCUT2D eigenvalue weighted by molar-refractivity contribution is 5.86. The number of allylic oxidation sites excluding steroid dienone is 1. The lowest BCUT2D eigenvalue weighted by molar-refractivity contribution is 0.628. The lowest BCUT2D eigenvalue weighted by atomic mass is 10.1. The van der Waals surface area contributed by atoms with Crippen molar-refractivity contribution in [1.82, 2.24) is 9.55 Å². The minimum atomic E-state index is -0.267. The first-order valence-electron chi connectivity index (χ1n) is 7.38. The summed E-state index contributed by atoms with van der Waals surface area (Å²) in [6.07, 6.45) is 2.68. The molecule has 0 fully saturated rings. The zero-order chi connectivity index (χ0) is 16.0. The van der Waals surface area contributed by atoms with E-state index in [9.17, 15) is 9.18 Å². The molecule has 23 heavy (non-hydrogen) atoms. The van der Waals surface area contributed by atoms with Crippen LogP contribution < -0.4 is 11.3 Å². The van der Waals surface area contributed by atoms with E-state index in [1.165, 1.54) is 12.1 Å². The summed E-state index contributed by atoms with van der Waals surface area (Å²) in [6.45, 7) is 0.596. The average molecular weight is 307 g/mol. The Bertz CT molecular complexity index is 1000. The standard InChI is InChI=1S/C18H14FN3O/c19-13-3-1-11(2-4-13)9-12-7-8-22-17(12)21-16-6-5-14(20)10-15(16)18(22)23/h1-6,9-10H,7-8,20H2/b12-9+. The molecule has 114 valence electrons. The molecule has 2 N–H and O–H groups in total. The van der Waals surface area contributed by atoms with Gasteiger partial charge in [-0.2, -0.15) is 0 Å². The van der Waals surface area contributed by atoms with Crippen LogP contribution >= 0.6 is 0 Å². The molecular formula is C18H14FN3O. The first-order chi connectivity index (χ1) is 11.1. The van der Waals surface area contributed by atoms with Crippen molar-refractivity contribution in [1.29, 1.82) is 0 Å². The number of aromatic nitrogens is 2. The fourth-order valence-electron chi connectivity index (χ4n) is 2.93. The van der Waals surface area contributed by atoms with Gasteiger partial charge in [0.05, 0.1) is 10.9 Å². The van der Waals surface area contributed by atoms with Gasteiger partial charge in [-0.15, -0.1) is 0 Å². The number of hydrogen-bond donors (Lipinski definition) is 1. The summed E-state index contributed by atoms with van der Waals surface area (Å²) in [5.74, 6) is 0.411. The lowest BCUT2D eigenvalue weighted by Crippen LogP contribution is -2.20. The second kappa shape index (κ2) is 5.05. The van der Waals surface area contributed by atoms with E-state index in [0.29, 0.717) is 29.0 Å². The topological polar surface area (TPSA) is 60.9 Å². The maximum absolute atomic E-state index is 13.0. The number of benzene rings is 2. The zero-order valence-electron chi connectivity index (χ0n) is 12.3. The van der Waals surface area contributed by atoms with Gasteiger partial charge >= 0.3 is 0 Å². The fourth-order valence-corrected chi connectivity index (χ4v) is 2.93. The number of anilines is 1. The first-order valence-corrected chi connectivity index (χ1v) is 7.38.